The third kappa shape index (κ3) is 5.29. The Balaban J connectivity index is 0.00000208. The minimum absolute atomic E-state index is 0. The first-order valence-electron chi connectivity index (χ1n) is 8.62. The highest BCUT2D eigenvalue weighted by Gasteiger charge is 2.34. The lowest BCUT2D eigenvalue weighted by Gasteiger charge is -2.18. The minimum Gasteiger partial charge on any atom is -0.352 e. The van der Waals surface area contributed by atoms with Gasteiger partial charge in [0, 0.05) is 43.0 Å². The molecule has 1 saturated heterocycles. The first-order chi connectivity index (χ1) is 11.0. The van der Waals surface area contributed by atoms with Crippen molar-refractivity contribution in [1.82, 2.24) is 20.5 Å². The van der Waals surface area contributed by atoms with Gasteiger partial charge in [-0.2, -0.15) is 0 Å². The van der Waals surface area contributed by atoms with Crippen LogP contribution in [0.1, 0.15) is 50.7 Å². The van der Waals surface area contributed by atoms with Crippen molar-refractivity contribution < 1.29 is 0 Å². The summed E-state index contributed by atoms with van der Waals surface area (Å²) in [6.45, 7) is 9.71. The highest BCUT2D eigenvalue weighted by atomic mass is 127. The Morgan fingerprint density at radius 2 is 2.12 bits per heavy atom. The van der Waals surface area contributed by atoms with Crippen LogP contribution in [0.2, 0.25) is 0 Å². The number of nitrogens with one attached hydrogen (secondary N) is 2. The third-order valence-corrected chi connectivity index (χ3v) is 5.42. The summed E-state index contributed by atoms with van der Waals surface area (Å²) in [5.41, 5.74) is 1.28. The average molecular weight is 463 g/mol. The van der Waals surface area contributed by atoms with Crippen LogP contribution in [0.4, 0.5) is 0 Å². The number of aliphatic imine (C=N–C) groups is 1. The number of likely N-dealkylation sites (tertiary alicyclic amines) is 1. The predicted octanol–water partition coefficient (Wildman–Crippen LogP) is 2.96. The van der Waals surface area contributed by atoms with E-state index in [1.807, 2.05) is 7.05 Å². The number of halogens is 1. The van der Waals surface area contributed by atoms with E-state index in [9.17, 15) is 0 Å². The minimum atomic E-state index is 0. The molecule has 0 bridgehead atoms. The monoisotopic (exact) mass is 463 g/mol. The van der Waals surface area contributed by atoms with E-state index in [0.717, 1.165) is 35.8 Å². The van der Waals surface area contributed by atoms with Gasteiger partial charge in [0.2, 0.25) is 0 Å². The van der Waals surface area contributed by atoms with E-state index in [2.05, 4.69) is 46.7 Å². The molecular formula is C17H30IN5S. The molecule has 24 heavy (non-hydrogen) atoms. The van der Waals surface area contributed by atoms with Crippen LogP contribution in [-0.4, -0.2) is 48.1 Å². The van der Waals surface area contributed by atoms with Crippen LogP contribution in [0.3, 0.4) is 0 Å². The number of hydrogen-bond donors (Lipinski definition) is 2. The van der Waals surface area contributed by atoms with Crippen molar-refractivity contribution in [1.29, 1.82) is 0 Å². The summed E-state index contributed by atoms with van der Waals surface area (Å²) in [7, 11) is 1.84. The molecule has 5 nitrogen and oxygen atoms in total. The smallest absolute Gasteiger partial charge is 0.191 e. The van der Waals surface area contributed by atoms with Gasteiger partial charge in [-0.15, -0.1) is 35.3 Å². The largest absolute Gasteiger partial charge is 0.352 e. The van der Waals surface area contributed by atoms with Gasteiger partial charge in [0.1, 0.15) is 5.01 Å². The maximum atomic E-state index is 4.73. The average Bonchev–Trinajstić information content (AvgIpc) is 3.05. The van der Waals surface area contributed by atoms with Gasteiger partial charge in [-0.3, -0.25) is 9.89 Å². The Morgan fingerprint density at radius 1 is 1.38 bits per heavy atom. The van der Waals surface area contributed by atoms with E-state index < -0.39 is 0 Å². The highest BCUT2D eigenvalue weighted by Crippen LogP contribution is 2.29. The van der Waals surface area contributed by atoms with Crippen LogP contribution >= 0.6 is 35.3 Å². The fourth-order valence-electron chi connectivity index (χ4n) is 2.96. The molecule has 1 saturated carbocycles. The van der Waals surface area contributed by atoms with E-state index in [1.165, 1.54) is 25.8 Å². The van der Waals surface area contributed by atoms with E-state index in [4.69, 9.17) is 4.98 Å². The van der Waals surface area contributed by atoms with Crippen LogP contribution in [0, 0.1) is 0 Å². The van der Waals surface area contributed by atoms with Crippen molar-refractivity contribution in [3.05, 3.63) is 16.1 Å². The van der Waals surface area contributed by atoms with Gasteiger partial charge >= 0.3 is 0 Å². The zero-order valence-electron chi connectivity index (χ0n) is 15.1. The van der Waals surface area contributed by atoms with Gasteiger partial charge in [-0.1, -0.05) is 20.8 Å². The second-order valence-corrected chi connectivity index (χ2v) is 8.60. The lowest BCUT2D eigenvalue weighted by atomic mass is 9.93. The molecule has 0 amide bonds. The van der Waals surface area contributed by atoms with Gasteiger partial charge in [0.25, 0.3) is 0 Å². The summed E-state index contributed by atoms with van der Waals surface area (Å²) in [5, 5.41) is 10.2. The van der Waals surface area contributed by atoms with Crippen LogP contribution in [0.15, 0.2) is 10.4 Å². The molecule has 1 atom stereocenters. The second kappa shape index (κ2) is 8.31. The molecule has 1 unspecified atom stereocenters. The van der Waals surface area contributed by atoms with Crippen molar-refractivity contribution in [2.45, 2.75) is 64.1 Å². The topological polar surface area (TPSA) is 52.6 Å². The zero-order valence-corrected chi connectivity index (χ0v) is 18.3. The molecule has 0 aromatic carbocycles. The summed E-state index contributed by atoms with van der Waals surface area (Å²) in [4.78, 5) is 11.7. The van der Waals surface area contributed by atoms with Crippen molar-refractivity contribution in [2.24, 2.45) is 4.99 Å². The van der Waals surface area contributed by atoms with E-state index in [0.29, 0.717) is 6.04 Å². The number of hydrogen-bond acceptors (Lipinski definition) is 4. The lowest BCUT2D eigenvalue weighted by molar-refractivity contribution is 0.321. The third-order valence-electron chi connectivity index (χ3n) is 4.57. The molecule has 7 heteroatoms. The van der Waals surface area contributed by atoms with Crippen LogP contribution in [0.5, 0.6) is 0 Å². The van der Waals surface area contributed by atoms with Gasteiger partial charge in [0.15, 0.2) is 5.96 Å². The van der Waals surface area contributed by atoms with Crippen molar-refractivity contribution >= 4 is 41.3 Å². The van der Waals surface area contributed by atoms with Crippen molar-refractivity contribution in [3.8, 4) is 0 Å². The quantitative estimate of drug-likeness (QED) is 0.410. The first kappa shape index (κ1) is 19.9. The number of nitrogens with zero attached hydrogens (tertiary/aromatic N) is 3. The molecule has 1 aliphatic heterocycles. The van der Waals surface area contributed by atoms with Crippen LogP contribution in [-0.2, 0) is 12.0 Å². The number of aromatic nitrogens is 1. The number of guanidine groups is 1. The van der Waals surface area contributed by atoms with Crippen LogP contribution < -0.4 is 10.6 Å². The molecule has 2 aliphatic rings. The molecule has 3 rings (SSSR count). The number of rotatable bonds is 4. The fraction of sp³-hybridized carbons (Fsp3) is 0.765. The molecule has 1 aromatic heterocycles. The maximum absolute atomic E-state index is 4.73. The summed E-state index contributed by atoms with van der Waals surface area (Å²) in [6, 6.07) is 1.38. The fourth-order valence-corrected chi connectivity index (χ4v) is 3.92. The lowest BCUT2D eigenvalue weighted by Crippen LogP contribution is -2.44. The molecule has 0 radical (unpaired) electrons. The summed E-state index contributed by atoms with van der Waals surface area (Å²) in [6.07, 6.45) is 3.99. The molecule has 0 spiro atoms. The zero-order chi connectivity index (χ0) is 16.4. The summed E-state index contributed by atoms with van der Waals surface area (Å²) in [5.74, 6) is 0.889. The Kier molecular flexibility index (Phi) is 6.90. The summed E-state index contributed by atoms with van der Waals surface area (Å²) >= 11 is 1.72. The Bertz CT molecular complexity index is 562. The molecule has 1 aliphatic carbocycles. The Hall–Kier alpha value is -0.410. The number of thiazole rings is 1. The Labute approximate surface area is 166 Å². The Morgan fingerprint density at radius 3 is 2.71 bits per heavy atom. The molecule has 2 fully saturated rings. The highest BCUT2D eigenvalue weighted by molar-refractivity contribution is 14.0. The van der Waals surface area contributed by atoms with Gasteiger partial charge in [0.05, 0.1) is 12.2 Å². The molecule has 1 aromatic rings. The van der Waals surface area contributed by atoms with Crippen molar-refractivity contribution in [3.63, 3.8) is 0 Å². The second-order valence-electron chi connectivity index (χ2n) is 7.66. The standard InChI is InChI=1S/C17H29N5S.HI/c1-17(2,3)14-11-23-15(21-14)9-19-16(18-4)20-12-7-8-22(10-12)13-5-6-13;/h11-13H,5-10H2,1-4H3,(H2,18,19,20);1H. The molecule has 2 heterocycles. The van der Waals surface area contributed by atoms with Gasteiger partial charge < -0.3 is 10.6 Å². The van der Waals surface area contributed by atoms with Crippen LogP contribution in [0.25, 0.3) is 0 Å². The first-order valence-corrected chi connectivity index (χ1v) is 9.50. The molecule has 136 valence electrons. The maximum Gasteiger partial charge on any atom is 0.191 e. The van der Waals surface area contributed by atoms with Gasteiger partial charge in [-0.25, -0.2) is 4.98 Å². The van der Waals surface area contributed by atoms with Crippen molar-refractivity contribution in [2.75, 3.05) is 20.1 Å². The van der Waals surface area contributed by atoms with E-state index >= 15 is 0 Å². The summed E-state index contributed by atoms with van der Waals surface area (Å²) < 4.78 is 0. The molecule has 2 N–H and O–H groups in total. The molecular weight excluding hydrogens is 433 g/mol. The predicted molar refractivity (Wildman–Crippen MR) is 113 cm³/mol. The van der Waals surface area contributed by atoms with E-state index in [1.54, 1.807) is 11.3 Å². The van der Waals surface area contributed by atoms with Gasteiger partial charge in [-0.05, 0) is 19.3 Å². The normalized spacial score (nSPS) is 22.3. The van der Waals surface area contributed by atoms with E-state index in [-0.39, 0.29) is 29.4 Å². The SMILES string of the molecule is CN=C(NCc1nc(C(C)(C)C)cs1)NC1CCN(C2CC2)C1.I.